The molecule has 0 aliphatic heterocycles. The minimum absolute atomic E-state index is 0.0466. The van der Waals surface area contributed by atoms with Gasteiger partial charge < -0.3 is 10.1 Å². The second-order valence-electron chi connectivity index (χ2n) is 5.35. The molecule has 0 saturated carbocycles. The Morgan fingerprint density at radius 2 is 2.00 bits per heavy atom. The number of rotatable bonds is 2. The molecule has 0 radical (unpaired) electrons. The topological polar surface area (TPSA) is 70.2 Å². The first kappa shape index (κ1) is 12.4. The summed E-state index contributed by atoms with van der Waals surface area (Å²) in [6.45, 7) is 6.21. The summed E-state index contributed by atoms with van der Waals surface area (Å²) in [7, 11) is 0. The highest BCUT2D eigenvalue weighted by molar-refractivity contribution is 6.07. The summed E-state index contributed by atoms with van der Waals surface area (Å²) in [5.74, 6) is -1.12. The minimum Gasteiger partial charge on any atom is -0.477 e. The minimum atomic E-state index is -1.12. The molecular weight excluding hydrogens is 230 g/mol. The summed E-state index contributed by atoms with van der Waals surface area (Å²) in [6.07, 6.45) is 0.592. The molecule has 94 valence electrons. The molecule has 0 fully saturated rings. The maximum absolute atomic E-state index is 11.1. The second-order valence-corrected chi connectivity index (χ2v) is 5.35. The summed E-state index contributed by atoms with van der Waals surface area (Å²) < 4.78 is 0. The quantitative estimate of drug-likeness (QED) is 0.799. The Labute approximate surface area is 105 Å². The van der Waals surface area contributed by atoms with Crippen molar-refractivity contribution in [2.45, 2.75) is 26.2 Å². The van der Waals surface area contributed by atoms with Gasteiger partial charge in [0.2, 0.25) is 0 Å². The van der Waals surface area contributed by atoms with E-state index < -0.39 is 5.97 Å². The normalized spacial score (nSPS) is 11.7. The Morgan fingerprint density at radius 1 is 1.33 bits per heavy atom. The first-order valence-electron chi connectivity index (χ1n) is 5.69. The van der Waals surface area contributed by atoms with Crippen molar-refractivity contribution in [3.63, 3.8) is 0 Å². The van der Waals surface area contributed by atoms with E-state index in [1.54, 1.807) is 0 Å². The SMILES string of the molecule is CC(C)(C)c1ccc2[nH]c(C(=O)O)c(C=O)c2c1. The molecule has 1 heterocycles. The van der Waals surface area contributed by atoms with Crippen molar-refractivity contribution in [2.24, 2.45) is 0 Å². The number of aromatic carboxylic acids is 1. The van der Waals surface area contributed by atoms with Crippen LogP contribution in [0, 0.1) is 0 Å². The second kappa shape index (κ2) is 3.98. The van der Waals surface area contributed by atoms with E-state index in [1.807, 2.05) is 18.2 Å². The van der Waals surface area contributed by atoms with Crippen LogP contribution in [-0.2, 0) is 5.41 Å². The molecule has 4 heteroatoms. The molecule has 0 spiro atoms. The van der Waals surface area contributed by atoms with Gasteiger partial charge in [-0.2, -0.15) is 0 Å². The highest BCUT2D eigenvalue weighted by Crippen LogP contribution is 2.28. The number of carbonyl (C=O) groups excluding carboxylic acids is 1. The van der Waals surface area contributed by atoms with Crippen LogP contribution in [0.15, 0.2) is 18.2 Å². The van der Waals surface area contributed by atoms with Gasteiger partial charge in [0, 0.05) is 10.9 Å². The fourth-order valence-corrected chi connectivity index (χ4v) is 1.97. The maximum atomic E-state index is 11.1. The van der Waals surface area contributed by atoms with Gasteiger partial charge in [0.05, 0.1) is 5.56 Å². The Balaban J connectivity index is 2.76. The molecule has 18 heavy (non-hydrogen) atoms. The van der Waals surface area contributed by atoms with Crippen molar-refractivity contribution in [1.29, 1.82) is 0 Å². The Kier molecular flexibility index (Phi) is 2.73. The molecule has 2 rings (SSSR count). The Morgan fingerprint density at radius 3 is 2.50 bits per heavy atom. The van der Waals surface area contributed by atoms with Gasteiger partial charge in [-0.1, -0.05) is 26.8 Å². The fraction of sp³-hybridized carbons (Fsp3) is 0.286. The zero-order chi connectivity index (χ0) is 13.5. The van der Waals surface area contributed by atoms with Crippen molar-refractivity contribution in [3.8, 4) is 0 Å². The predicted octanol–water partition coefficient (Wildman–Crippen LogP) is 2.98. The van der Waals surface area contributed by atoms with Crippen molar-refractivity contribution < 1.29 is 14.7 Å². The molecule has 0 aliphatic rings. The average Bonchev–Trinajstić information content (AvgIpc) is 2.65. The summed E-state index contributed by atoms with van der Waals surface area (Å²) in [5, 5.41) is 9.70. The zero-order valence-corrected chi connectivity index (χ0v) is 10.6. The van der Waals surface area contributed by atoms with Gasteiger partial charge >= 0.3 is 5.97 Å². The lowest BCUT2D eigenvalue weighted by Gasteiger charge is -2.18. The van der Waals surface area contributed by atoms with Crippen LogP contribution in [0.3, 0.4) is 0 Å². The van der Waals surface area contributed by atoms with Crippen LogP contribution in [0.5, 0.6) is 0 Å². The van der Waals surface area contributed by atoms with Gasteiger partial charge in [-0.25, -0.2) is 4.79 Å². The standard InChI is InChI=1S/C14H15NO3/c1-14(2,3)8-4-5-11-9(6-8)10(7-16)12(15-11)13(17)18/h4-7,15H,1-3H3,(H,17,18). The first-order valence-corrected chi connectivity index (χ1v) is 5.69. The molecule has 4 nitrogen and oxygen atoms in total. The summed E-state index contributed by atoms with van der Waals surface area (Å²) >= 11 is 0. The molecule has 0 saturated heterocycles. The number of carbonyl (C=O) groups is 2. The van der Waals surface area contributed by atoms with E-state index in [0.29, 0.717) is 17.2 Å². The number of aldehydes is 1. The summed E-state index contributed by atoms with van der Waals surface area (Å²) in [5.41, 5.74) is 1.85. The van der Waals surface area contributed by atoms with Gasteiger partial charge in [0.1, 0.15) is 5.69 Å². The van der Waals surface area contributed by atoms with Crippen LogP contribution in [0.25, 0.3) is 10.9 Å². The zero-order valence-electron chi connectivity index (χ0n) is 10.6. The molecule has 2 aromatic rings. The van der Waals surface area contributed by atoms with Crippen molar-refractivity contribution in [2.75, 3.05) is 0 Å². The fourth-order valence-electron chi connectivity index (χ4n) is 1.97. The van der Waals surface area contributed by atoms with Gasteiger partial charge in [0.15, 0.2) is 6.29 Å². The lowest BCUT2D eigenvalue weighted by atomic mass is 9.86. The number of hydrogen-bond donors (Lipinski definition) is 2. The van der Waals surface area contributed by atoms with E-state index >= 15 is 0 Å². The van der Waals surface area contributed by atoms with E-state index in [2.05, 4.69) is 25.8 Å². The Hall–Kier alpha value is -2.10. The highest BCUT2D eigenvalue weighted by atomic mass is 16.4. The largest absolute Gasteiger partial charge is 0.477 e. The summed E-state index contributed by atoms with van der Waals surface area (Å²) in [6, 6.07) is 5.64. The number of nitrogens with one attached hydrogen (secondary N) is 1. The highest BCUT2D eigenvalue weighted by Gasteiger charge is 2.19. The number of hydrogen-bond acceptors (Lipinski definition) is 2. The van der Waals surface area contributed by atoms with Crippen molar-refractivity contribution >= 4 is 23.2 Å². The third kappa shape index (κ3) is 1.90. The van der Waals surface area contributed by atoms with E-state index in [9.17, 15) is 9.59 Å². The van der Waals surface area contributed by atoms with E-state index in [-0.39, 0.29) is 16.7 Å². The monoisotopic (exact) mass is 245 g/mol. The number of carboxylic acid groups (broad SMARTS) is 1. The number of H-pyrrole nitrogens is 1. The first-order chi connectivity index (χ1) is 8.34. The van der Waals surface area contributed by atoms with E-state index in [4.69, 9.17) is 5.11 Å². The van der Waals surface area contributed by atoms with Gasteiger partial charge in [-0.3, -0.25) is 4.79 Å². The molecule has 0 unspecified atom stereocenters. The number of fused-ring (bicyclic) bond motifs is 1. The summed E-state index contributed by atoms with van der Waals surface area (Å²) in [4.78, 5) is 24.9. The number of carboxylic acids is 1. The third-order valence-corrected chi connectivity index (χ3v) is 3.04. The molecular formula is C14H15NO3. The molecule has 0 bridgehead atoms. The van der Waals surface area contributed by atoms with Gasteiger partial charge in [-0.15, -0.1) is 0 Å². The smallest absolute Gasteiger partial charge is 0.353 e. The van der Waals surface area contributed by atoms with E-state index in [0.717, 1.165) is 5.56 Å². The number of benzene rings is 1. The van der Waals surface area contributed by atoms with Crippen LogP contribution in [-0.4, -0.2) is 22.3 Å². The lowest BCUT2D eigenvalue weighted by Crippen LogP contribution is -2.10. The lowest BCUT2D eigenvalue weighted by molar-refractivity contribution is 0.0688. The molecule has 0 aliphatic carbocycles. The third-order valence-electron chi connectivity index (χ3n) is 3.04. The number of aromatic amines is 1. The Bertz CT molecular complexity index is 632. The van der Waals surface area contributed by atoms with Crippen molar-refractivity contribution in [1.82, 2.24) is 4.98 Å². The van der Waals surface area contributed by atoms with E-state index in [1.165, 1.54) is 0 Å². The predicted molar refractivity (Wildman–Crippen MR) is 69.3 cm³/mol. The molecule has 0 amide bonds. The molecule has 1 aromatic heterocycles. The van der Waals surface area contributed by atoms with Crippen LogP contribution in [0.1, 0.15) is 47.2 Å². The van der Waals surface area contributed by atoms with Gasteiger partial charge in [0.25, 0.3) is 0 Å². The van der Waals surface area contributed by atoms with Crippen LogP contribution in [0.4, 0.5) is 0 Å². The molecule has 0 atom stereocenters. The van der Waals surface area contributed by atoms with Crippen LogP contribution in [0.2, 0.25) is 0 Å². The average molecular weight is 245 g/mol. The molecule has 1 aromatic carbocycles. The van der Waals surface area contributed by atoms with Crippen molar-refractivity contribution in [3.05, 3.63) is 35.0 Å². The van der Waals surface area contributed by atoms with Gasteiger partial charge in [-0.05, 0) is 23.1 Å². The number of aromatic nitrogens is 1. The maximum Gasteiger partial charge on any atom is 0.353 e. The van der Waals surface area contributed by atoms with Crippen LogP contribution >= 0.6 is 0 Å². The van der Waals surface area contributed by atoms with Crippen LogP contribution < -0.4 is 0 Å². The molecule has 2 N–H and O–H groups in total.